The monoisotopic (exact) mass is 219 g/mol. The van der Waals surface area contributed by atoms with Gasteiger partial charge < -0.3 is 4.74 Å². The maximum atomic E-state index is 5.95. The van der Waals surface area contributed by atoms with Gasteiger partial charge in [0.1, 0.15) is 6.73 Å². The van der Waals surface area contributed by atoms with E-state index in [1.165, 1.54) is 5.56 Å². The van der Waals surface area contributed by atoms with E-state index in [0.29, 0.717) is 0 Å². The Morgan fingerprint density at radius 2 is 1.88 bits per heavy atom. The summed E-state index contributed by atoms with van der Waals surface area (Å²) in [7, 11) is 0. The summed E-state index contributed by atoms with van der Waals surface area (Å²) in [6.07, 6.45) is 2.21. The Balaban J connectivity index is 1.95. The summed E-state index contributed by atoms with van der Waals surface area (Å²) in [5, 5.41) is 0. The molecule has 0 aliphatic carbocycles. The molecular weight excluding hydrogens is 198 g/mol. The Morgan fingerprint density at radius 1 is 1.19 bits per heavy atom. The molecule has 0 amide bonds. The van der Waals surface area contributed by atoms with Crippen LogP contribution in [0, 0.1) is 0 Å². The largest absolute Gasteiger partial charge is 0.358 e. The summed E-state index contributed by atoms with van der Waals surface area (Å²) >= 11 is 0. The smallest absolute Gasteiger partial charge is 0.100 e. The van der Waals surface area contributed by atoms with Gasteiger partial charge in [-0.15, -0.1) is 0 Å². The summed E-state index contributed by atoms with van der Waals surface area (Å²) in [5.41, 5.74) is 1.48. The molecule has 88 valence electrons. The maximum absolute atomic E-state index is 5.95. The van der Waals surface area contributed by atoms with E-state index in [4.69, 9.17) is 4.74 Å². The van der Waals surface area contributed by atoms with Crippen LogP contribution in [0.3, 0.4) is 0 Å². The van der Waals surface area contributed by atoms with Gasteiger partial charge in [-0.1, -0.05) is 44.2 Å². The predicted octanol–water partition coefficient (Wildman–Crippen LogP) is 3.04. The lowest BCUT2D eigenvalue weighted by molar-refractivity contribution is -0.00134. The molecule has 0 bridgehead atoms. The van der Waals surface area contributed by atoms with Crippen molar-refractivity contribution in [3.8, 4) is 0 Å². The molecule has 0 radical (unpaired) electrons. The fourth-order valence-electron chi connectivity index (χ4n) is 2.35. The lowest BCUT2D eigenvalue weighted by Crippen LogP contribution is -2.32. The van der Waals surface area contributed by atoms with Gasteiger partial charge in [-0.05, 0) is 18.4 Å². The third kappa shape index (κ3) is 2.45. The van der Waals surface area contributed by atoms with Crippen molar-refractivity contribution in [3.05, 3.63) is 35.9 Å². The van der Waals surface area contributed by atoms with Gasteiger partial charge in [0.25, 0.3) is 0 Å². The molecule has 2 rings (SSSR count). The molecule has 0 unspecified atom stereocenters. The zero-order chi connectivity index (χ0) is 11.4. The summed E-state index contributed by atoms with van der Waals surface area (Å²) in [6.45, 7) is 7.28. The van der Waals surface area contributed by atoms with Crippen LogP contribution in [-0.2, 0) is 11.3 Å². The Kier molecular flexibility index (Phi) is 3.62. The molecule has 16 heavy (non-hydrogen) atoms. The SMILES string of the molecule is CCC1(CC)CN(Cc2ccccc2)CO1. The average molecular weight is 219 g/mol. The van der Waals surface area contributed by atoms with Crippen molar-refractivity contribution >= 4 is 0 Å². The minimum absolute atomic E-state index is 0.106. The maximum Gasteiger partial charge on any atom is 0.100 e. The molecule has 1 heterocycles. The molecule has 2 nitrogen and oxygen atoms in total. The molecule has 0 spiro atoms. The average Bonchev–Trinajstić information content (AvgIpc) is 2.75. The van der Waals surface area contributed by atoms with Crippen molar-refractivity contribution in [1.82, 2.24) is 4.90 Å². The van der Waals surface area contributed by atoms with Crippen molar-refractivity contribution in [1.29, 1.82) is 0 Å². The second kappa shape index (κ2) is 4.98. The van der Waals surface area contributed by atoms with Crippen LogP contribution >= 0.6 is 0 Å². The molecule has 0 N–H and O–H groups in total. The predicted molar refractivity (Wildman–Crippen MR) is 66.1 cm³/mol. The highest BCUT2D eigenvalue weighted by Gasteiger charge is 2.35. The molecule has 2 heteroatoms. The lowest BCUT2D eigenvalue weighted by atomic mass is 9.97. The van der Waals surface area contributed by atoms with Crippen LogP contribution in [-0.4, -0.2) is 23.8 Å². The molecule has 0 saturated carbocycles. The van der Waals surface area contributed by atoms with Crippen molar-refractivity contribution in [2.24, 2.45) is 0 Å². The van der Waals surface area contributed by atoms with Gasteiger partial charge in [0.15, 0.2) is 0 Å². The van der Waals surface area contributed by atoms with Crippen LogP contribution < -0.4 is 0 Å². The third-order valence-electron chi connectivity index (χ3n) is 3.60. The van der Waals surface area contributed by atoms with Crippen LogP contribution in [0.15, 0.2) is 30.3 Å². The van der Waals surface area contributed by atoms with Crippen LogP contribution in [0.5, 0.6) is 0 Å². The highest BCUT2D eigenvalue weighted by atomic mass is 16.5. The van der Waals surface area contributed by atoms with Crippen LogP contribution in [0.4, 0.5) is 0 Å². The minimum atomic E-state index is 0.106. The molecule has 0 aromatic heterocycles. The molecule has 1 aromatic rings. The fraction of sp³-hybridized carbons (Fsp3) is 0.571. The van der Waals surface area contributed by atoms with Crippen molar-refractivity contribution in [3.63, 3.8) is 0 Å². The number of rotatable bonds is 4. The minimum Gasteiger partial charge on any atom is -0.358 e. The molecule has 1 aliphatic rings. The molecule has 1 saturated heterocycles. The summed E-state index contributed by atoms with van der Waals surface area (Å²) in [4.78, 5) is 2.39. The fourth-order valence-corrected chi connectivity index (χ4v) is 2.35. The number of hydrogen-bond acceptors (Lipinski definition) is 2. The van der Waals surface area contributed by atoms with Gasteiger partial charge >= 0.3 is 0 Å². The Bertz CT molecular complexity index is 319. The van der Waals surface area contributed by atoms with Gasteiger partial charge in [0.05, 0.1) is 5.60 Å². The van der Waals surface area contributed by atoms with E-state index in [9.17, 15) is 0 Å². The molecule has 1 fully saturated rings. The number of nitrogens with zero attached hydrogens (tertiary/aromatic N) is 1. The highest BCUT2D eigenvalue weighted by molar-refractivity contribution is 5.14. The quantitative estimate of drug-likeness (QED) is 0.771. The Hall–Kier alpha value is -0.860. The van der Waals surface area contributed by atoms with Gasteiger partial charge in [0.2, 0.25) is 0 Å². The molecule has 1 aliphatic heterocycles. The standard InChI is InChI=1S/C14H21NO/c1-3-14(4-2)11-15(12-16-14)10-13-8-6-5-7-9-13/h5-9H,3-4,10-12H2,1-2H3. The normalized spacial score (nSPS) is 20.1. The number of benzene rings is 1. The van der Waals surface area contributed by atoms with E-state index in [0.717, 1.165) is 32.7 Å². The first kappa shape index (κ1) is 11.6. The van der Waals surface area contributed by atoms with Crippen molar-refractivity contribution in [2.75, 3.05) is 13.3 Å². The van der Waals surface area contributed by atoms with Crippen LogP contribution in [0.25, 0.3) is 0 Å². The number of hydrogen-bond donors (Lipinski definition) is 0. The van der Waals surface area contributed by atoms with Gasteiger partial charge in [-0.25, -0.2) is 0 Å². The zero-order valence-electron chi connectivity index (χ0n) is 10.3. The van der Waals surface area contributed by atoms with Crippen LogP contribution in [0.1, 0.15) is 32.3 Å². The summed E-state index contributed by atoms with van der Waals surface area (Å²) in [5.74, 6) is 0. The van der Waals surface area contributed by atoms with Gasteiger partial charge in [0, 0.05) is 13.1 Å². The van der Waals surface area contributed by atoms with Gasteiger partial charge in [-0.2, -0.15) is 0 Å². The van der Waals surface area contributed by atoms with E-state index in [2.05, 4.69) is 49.1 Å². The van der Waals surface area contributed by atoms with Gasteiger partial charge in [-0.3, -0.25) is 4.90 Å². The van der Waals surface area contributed by atoms with E-state index in [1.54, 1.807) is 0 Å². The lowest BCUT2D eigenvalue weighted by Gasteiger charge is -2.24. The Labute approximate surface area is 98.2 Å². The number of ether oxygens (including phenoxy) is 1. The molecule has 1 aromatic carbocycles. The topological polar surface area (TPSA) is 12.5 Å². The second-order valence-corrected chi connectivity index (χ2v) is 4.64. The Morgan fingerprint density at radius 3 is 2.44 bits per heavy atom. The molecule has 0 atom stereocenters. The summed E-state index contributed by atoms with van der Waals surface area (Å²) in [6, 6.07) is 10.6. The van der Waals surface area contributed by atoms with Crippen molar-refractivity contribution < 1.29 is 4.74 Å². The first-order chi connectivity index (χ1) is 7.78. The van der Waals surface area contributed by atoms with Crippen molar-refractivity contribution in [2.45, 2.75) is 38.8 Å². The van der Waals surface area contributed by atoms with E-state index in [1.807, 2.05) is 0 Å². The first-order valence-corrected chi connectivity index (χ1v) is 6.18. The van der Waals surface area contributed by atoms with E-state index < -0.39 is 0 Å². The van der Waals surface area contributed by atoms with E-state index >= 15 is 0 Å². The highest BCUT2D eigenvalue weighted by Crippen LogP contribution is 2.28. The van der Waals surface area contributed by atoms with Crippen LogP contribution in [0.2, 0.25) is 0 Å². The van der Waals surface area contributed by atoms with E-state index in [-0.39, 0.29) is 5.60 Å². The zero-order valence-corrected chi connectivity index (χ0v) is 10.3. The first-order valence-electron chi connectivity index (χ1n) is 6.18. The second-order valence-electron chi connectivity index (χ2n) is 4.64. The summed E-state index contributed by atoms with van der Waals surface area (Å²) < 4.78 is 5.95. The molecular formula is C14H21NO. The third-order valence-corrected chi connectivity index (χ3v) is 3.60.